The fraction of sp³-hybridized carbons (Fsp3) is 0.280. The molecule has 1 atom stereocenters. The second-order valence-electron chi connectivity index (χ2n) is 8.29. The van der Waals surface area contributed by atoms with Crippen molar-refractivity contribution in [2.45, 2.75) is 37.8 Å². The van der Waals surface area contributed by atoms with Gasteiger partial charge in [-0.05, 0) is 48.1 Å². The summed E-state index contributed by atoms with van der Waals surface area (Å²) in [5.74, 6) is -0.219. The largest absolute Gasteiger partial charge is 0.459 e. The number of fused-ring (bicyclic) bond motifs is 2. The second-order valence-corrected chi connectivity index (χ2v) is 8.29. The van der Waals surface area contributed by atoms with Crippen LogP contribution < -0.4 is 10.2 Å². The van der Waals surface area contributed by atoms with Crippen molar-refractivity contribution in [3.05, 3.63) is 88.9 Å². The molecule has 0 saturated heterocycles. The first-order chi connectivity index (χ1) is 15.0. The van der Waals surface area contributed by atoms with Crippen molar-refractivity contribution in [3.63, 3.8) is 0 Å². The number of amides is 2. The molecule has 0 radical (unpaired) electrons. The average molecular weight is 416 g/mol. The molecule has 1 unspecified atom stereocenters. The fourth-order valence-corrected chi connectivity index (χ4v) is 4.71. The van der Waals surface area contributed by atoms with Gasteiger partial charge < -0.3 is 19.7 Å². The molecule has 6 nitrogen and oxygen atoms in total. The lowest BCUT2D eigenvalue weighted by Crippen LogP contribution is -2.43. The van der Waals surface area contributed by atoms with Crippen molar-refractivity contribution in [1.82, 2.24) is 5.32 Å². The van der Waals surface area contributed by atoms with Crippen molar-refractivity contribution in [1.29, 1.82) is 0 Å². The Balaban J connectivity index is 1.31. The highest BCUT2D eigenvalue weighted by atomic mass is 16.3. The van der Waals surface area contributed by atoms with Crippen LogP contribution >= 0.6 is 0 Å². The number of aryl methyl sites for hydroxylation is 1. The summed E-state index contributed by atoms with van der Waals surface area (Å²) in [5.41, 5.74) is 3.39. The molecule has 5 rings (SSSR count). The number of anilines is 1. The van der Waals surface area contributed by atoms with Crippen LogP contribution in [-0.4, -0.2) is 23.5 Å². The normalized spacial score (nSPS) is 19.8. The van der Waals surface area contributed by atoms with E-state index in [1.165, 1.54) is 6.26 Å². The van der Waals surface area contributed by atoms with Crippen LogP contribution in [0.3, 0.4) is 0 Å². The van der Waals surface area contributed by atoms with Crippen molar-refractivity contribution >= 4 is 17.5 Å². The second kappa shape index (κ2) is 7.71. The number of nitrogens with one attached hydrogen (secondary N) is 1. The summed E-state index contributed by atoms with van der Waals surface area (Å²) >= 11 is 0. The Morgan fingerprint density at radius 2 is 1.87 bits per heavy atom. The van der Waals surface area contributed by atoms with Gasteiger partial charge in [0, 0.05) is 11.3 Å². The highest BCUT2D eigenvalue weighted by Crippen LogP contribution is 2.35. The number of carbonyl (C=O) groups excluding carboxylic acids is 2. The molecule has 1 aliphatic carbocycles. The number of benzene rings is 2. The molecule has 1 aromatic heterocycles. The summed E-state index contributed by atoms with van der Waals surface area (Å²) < 4.78 is 5.47. The summed E-state index contributed by atoms with van der Waals surface area (Å²) in [7, 11) is 0. The van der Waals surface area contributed by atoms with E-state index >= 15 is 0 Å². The number of aliphatic hydroxyl groups is 1. The molecule has 0 saturated carbocycles. The molecular weight excluding hydrogens is 392 g/mol. The van der Waals surface area contributed by atoms with Gasteiger partial charge >= 0.3 is 0 Å². The molecule has 31 heavy (non-hydrogen) atoms. The highest BCUT2D eigenvalue weighted by Gasteiger charge is 2.35. The maximum absolute atomic E-state index is 12.9. The van der Waals surface area contributed by atoms with Crippen LogP contribution in [-0.2, 0) is 29.8 Å². The maximum Gasteiger partial charge on any atom is 0.287 e. The van der Waals surface area contributed by atoms with E-state index < -0.39 is 11.5 Å². The van der Waals surface area contributed by atoms with E-state index in [0.29, 0.717) is 18.4 Å². The summed E-state index contributed by atoms with van der Waals surface area (Å²) in [4.78, 5) is 27.1. The smallest absolute Gasteiger partial charge is 0.287 e. The lowest BCUT2D eigenvalue weighted by atomic mass is 9.79. The number of carbonyl (C=O) groups is 2. The van der Waals surface area contributed by atoms with Crippen LogP contribution in [0, 0.1) is 0 Å². The summed E-state index contributed by atoms with van der Waals surface area (Å²) in [5, 5.41) is 14.1. The Morgan fingerprint density at radius 3 is 2.74 bits per heavy atom. The SMILES string of the molecule is O=C(NCC1(O)CCCc2ccccc21)c1occc1CN1C(=O)Cc2ccccc21. The minimum absolute atomic E-state index is 0.00174. The Labute approximate surface area is 180 Å². The first-order valence-corrected chi connectivity index (χ1v) is 10.6. The Morgan fingerprint density at radius 1 is 1.10 bits per heavy atom. The average Bonchev–Trinajstić information content (AvgIpc) is 3.37. The lowest BCUT2D eigenvalue weighted by Gasteiger charge is -2.34. The molecule has 3 aromatic rings. The zero-order valence-electron chi connectivity index (χ0n) is 17.1. The monoisotopic (exact) mass is 416 g/mol. The van der Waals surface area contributed by atoms with Gasteiger partial charge in [-0.1, -0.05) is 42.5 Å². The fourth-order valence-electron chi connectivity index (χ4n) is 4.71. The minimum Gasteiger partial charge on any atom is -0.459 e. The van der Waals surface area contributed by atoms with Gasteiger partial charge in [0.1, 0.15) is 5.60 Å². The van der Waals surface area contributed by atoms with Crippen LogP contribution in [0.4, 0.5) is 5.69 Å². The molecule has 2 N–H and O–H groups in total. The van der Waals surface area contributed by atoms with Crippen LogP contribution in [0.15, 0.2) is 65.3 Å². The van der Waals surface area contributed by atoms with Crippen molar-refractivity contribution < 1.29 is 19.1 Å². The first-order valence-electron chi connectivity index (χ1n) is 10.6. The zero-order chi connectivity index (χ0) is 21.4. The van der Waals surface area contributed by atoms with E-state index in [2.05, 4.69) is 5.32 Å². The molecule has 0 fully saturated rings. The quantitative estimate of drug-likeness (QED) is 0.668. The number of rotatable bonds is 5. The van der Waals surface area contributed by atoms with Gasteiger partial charge in [0.25, 0.3) is 5.91 Å². The third-order valence-corrected chi connectivity index (χ3v) is 6.30. The molecule has 2 aromatic carbocycles. The topological polar surface area (TPSA) is 82.8 Å². The van der Waals surface area contributed by atoms with E-state index in [-0.39, 0.29) is 24.8 Å². The summed E-state index contributed by atoms with van der Waals surface area (Å²) in [6.07, 6.45) is 4.21. The first kappa shape index (κ1) is 19.6. The Kier molecular flexibility index (Phi) is 4.87. The Bertz CT molecular complexity index is 1150. The third kappa shape index (κ3) is 3.53. The van der Waals surface area contributed by atoms with Crippen molar-refractivity contribution in [2.75, 3.05) is 11.4 Å². The van der Waals surface area contributed by atoms with Gasteiger partial charge in [-0.15, -0.1) is 0 Å². The number of hydrogen-bond acceptors (Lipinski definition) is 4. The van der Waals surface area contributed by atoms with E-state index in [4.69, 9.17) is 4.42 Å². The third-order valence-electron chi connectivity index (χ3n) is 6.30. The molecular formula is C25H24N2O4. The van der Waals surface area contributed by atoms with E-state index in [1.54, 1.807) is 11.0 Å². The van der Waals surface area contributed by atoms with Gasteiger partial charge in [0.15, 0.2) is 5.76 Å². The van der Waals surface area contributed by atoms with Gasteiger partial charge in [0.2, 0.25) is 5.91 Å². The van der Waals surface area contributed by atoms with Gasteiger partial charge in [-0.3, -0.25) is 9.59 Å². The molecule has 2 heterocycles. The molecule has 6 heteroatoms. The standard InChI is InChI=1S/C25H24N2O4/c28-22-14-18-7-2-4-10-21(18)27(22)15-19-11-13-31-23(19)24(29)26-16-25(30)12-5-8-17-6-1-3-9-20(17)25/h1-4,6-7,9-11,13,30H,5,8,12,14-16H2,(H,26,29). The molecule has 0 bridgehead atoms. The molecule has 158 valence electrons. The molecule has 0 spiro atoms. The summed E-state index contributed by atoms with van der Waals surface area (Å²) in [6.45, 7) is 0.372. The predicted octanol–water partition coefficient (Wildman–Crippen LogP) is 3.32. The molecule has 2 amide bonds. The van der Waals surface area contributed by atoms with Gasteiger partial charge in [-0.2, -0.15) is 0 Å². The lowest BCUT2D eigenvalue weighted by molar-refractivity contribution is -0.117. The zero-order valence-corrected chi connectivity index (χ0v) is 17.1. The van der Waals surface area contributed by atoms with Crippen LogP contribution in [0.1, 0.15) is 45.7 Å². The van der Waals surface area contributed by atoms with E-state index in [9.17, 15) is 14.7 Å². The minimum atomic E-state index is -1.10. The van der Waals surface area contributed by atoms with Gasteiger partial charge in [0.05, 0.1) is 25.8 Å². The number of furan rings is 1. The highest BCUT2D eigenvalue weighted by molar-refractivity contribution is 6.01. The molecule has 1 aliphatic heterocycles. The number of nitrogens with zero attached hydrogens (tertiary/aromatic N) is 1. The van der Waals surface area contributed by atoms with Crippen LogP contribution in [0.25, 0.3) is 0 Å². The van der Waals surface area contributed by atoms with E-state index in [1.807, 2.05) is 48.5 Å². The summed E-state index contributed by atoms with van der Waals surface area (Å²) in [6, 6.07) is 17.2. The number of hydrogen-bond donors (Lipinski definition) is 2. The van der Waals surface area contributed by atoms with Crippen LogP contribution in [0.2, 0.25) is 0 Å². The number of para-hydroxylation sites is 1. The molecule has 2 aliphatic rings. The van der Waals surface area contributed by atoms with E-state index in [0.717, 1.165) is 35.2 Å². The van der Waals surface area contributed by atoms with Crippen molar-refractivity contribution in [3.8, 4) is 0 Å². The predicted molar refractivity (Wildman–Crippen MR) is 116 cm³/mol. The van der Waals surface area contributed by atoms with Crippen LogP contribution in [0.5, 0.6) is 0 Å². The van der Waals surface area contributed by atoms with Gasteiger partial charge in [-0.25, -0.2) is 0 Å². The van der Waals surface area contributed by atoms with Crippen molar-refractivity contribution in [2.24, 2.45) is 0 Å². The Hall–Kier alpha value is -3.38. The maximum atomic E-state index is 12.9.